The Morgan fingerprint density at radius 2 is 2.21 bits per heavy atom. The van der Waals surface area contributed by atoms with Gasteiger partial charge in [-0.25, -0.2) is 4.79 Å². The molecule has 1 N–H and O–H groups in total. The largest absolute Gasteiger partial charge is 0.444 e. The second-order valence-electron chi connectivity index (χ2n) is 5.72. The molecule has 0 spiro atoms. The molecule has 1 unspecified atom stereocenters. The van der Waals surface area contributed by atoms with Crippen LogP contribution in [0.3, 0.4) is 0 Å². The van der Waals surface area contributed by atoms with Gasteiger partial charge in [0.25, 0.3) is 0 Å². The Kier molecular flexibility index (Phi) is 3.48. The van der Waals surface area contributed by atoms with Crippen molar-refractivity contribution in [1.29, 1.82) is 5.26 Å². The van der Waals surface area contributed by atoms with Crippen molar-refractivity contribution in [2.45, 2.75) is 45.3 Å². The monoisotopic (exact) mass is 258 g/mol. The van der Waals surface area contributed by atoms with E-state index >= 15 is 0 Å². The van der Waals surface area contributed by atoms with Crippen LogP contribution in [0.1, 0.15) is 49.9 Å². The van der Waals surface area contributed by atoms with Crippen LogP contribution in [0.4, 0.5) is 4.79 Å². The highest BCUT2D eigenvalue weighted by Gasteiger charge is 2.27. The molecule has 1 amide bonds. The van der Waals surface area contributed by atoms with Gasteiger partial charge in [0.1, 0.15) is 5.60 Å². The first-order valence-corrected chi connectivity index (χ1v) is 6.42. The summed E-state index contributed by atoms with van der Waals surface area (Å²) >= 11 is 0. The van der Waals surface area contributed by atoms with E-state index < -0.39 is 11.7 Å². The lowest BCUT2D eigenvalue weighted by atomic mass is 10.0. The Labute approximate surface area is 113 Å². The number of carbonyl (C=O) groups is 1. The van der Waals surface area contributed by atoms with Crippen LogP contribution < -0.4 is 5.32 Å². The molecule has 2 rings (SSSR count). The highest BCUT2D eigenvalue weighted by molar-refractivity contribution is 5.69. The van der Waals surface area contributed by atoms with E-state index in [-0.39, 0.29) is 6.04 Å². The Morgan fingerprint density at radius 1 is 1.47 bits per heavy atom. The van der Waals surface area contributed by atoms with E-state index in [1.54, 1.807) is 0 Å². The van der Waals surface area contributed by atoms with Gasteiger partial charge >= 0.3 is 6.09 Å². The van der Waals surface area contributed by atoms with Gasteiger partial charge in [0.05, 0.1) is 17.7 Å². The molecule has 4 nitrogen and oxygen atoms in total. The molecule has 0 aliphatic heterocycles. The summed E-state index contributed by atoms with van der Waals surface area (Å²) in [6, 6.07) is 7.77. The number of ether oxygens (including phenoxy) is 1. The third-order valence-electron chi connectivity index (χ3n) is 3.08. The summed E-state index contributed by atoms with van der Waals surface area (Å²) in [5, 5.41) is 11.9. The van der Waals surface area contributed by atoms with Gasteiger partial charge in [0, 0.05) is 0 Å². The van der Waals surface area contributed by atoms with Crippen LogP contribution in [0.15, 0.2) is 18.2 Å². The average molecular weight is 258 g/mol. The van der Waals surface area contributed by atoms with Crippen LogP contribution in [-0.4, -0.2) is 11.7 Å². The number of rotatable bonds is 1. The van der Waals surface area contributed by atoms with Gasteiger partial charge in [0.2, 0.25) is 0 Å². The molecule has 1 aromatic rings. The highest BCUT2D eigenvalue weighted by atomic mass is 16.6. The number of hydrogen-bond donors (Lipinski definition) is 1. The predicted octanol–water partition coefficient (Wildman–Crippen LogP) is 3.07. The van der Waals surface area contributed by atoms with Crippen molar-refractivity contribution in [3.8, 4) is 6.07 Å². The molecule has 0 saturated heterocycles. The van der Waals surface area contributed by atoms with E-state index in [1.807, 2.05) is 39.0 Å². The van der Waals surface area contributed by atoms with Crippen molar-refractivity contribution >= 4 is 6.09 Å². The predicted molar refractivity (Wildman–Crippen MR) is 71.6 cm³/mol. The molecule has 1 atom stereocenters. The number of nitrogens with zero attached hydrogens (tertiary/aromatic N) is 1. The van der Waals surface area contributed by atoms with E-state index in [0.29, 0.717) is 5.56 Å². The lowest BCUT2D eigenvalue weighted by Crippen LogP contribution is -2.34. The Balaban J connectivity index is 2.12. The summed E-state index contributed by atoms with van der Waals surface area (Å²) in [6.45, 7) is 5.51. The number of fused-ring (bicyclic) bond motifs is 1. The number of benzene rings is 1. The molecule has 0 fully saturated rings. The van der Waals surface area contributed by atoms with Crippen LogP contribution in [0.5, 0.6) is 0 Å². The molecule has 19 heavy (non-hydrogen) atoms. The maximum Gasteiger partial charge on any atom is 0.408 e. The molecule has 1 aliphatic carbocycles. The fourth-order valence-corrected chi connectivity index (χ4v) is 2.36. The molecule has 0 radical (unpaired) electrons. The number of nitriles is 1. The summed E-state index contributed by atoms with van der Waals surface area (Å²) in [5.41, 5.74) is 2.28. The minimum absolute atomic E-state index is 0.0573. The smallest absolute Gasteiger partial charge is 0.408 e. The highest BCUT2D eigenvalue weighted by Crippen LogP contribution is 2.33. The van der Waals surface area contributed by atoms with Crippen molar-refractivity contribution in [2.24, 2.45) is 0 Å². The van der Waals surface area contributed by atoms with Gasteiger partial charge < -0.3 is 10.1 Å². The second-order valence-corrected chi connectivity index (χ2v) is 5.72. The summed E-state index contributed by atoms with van der Waals surface area (Å²) < 4.78 is 5.26. The van der Waals surface area contributed by atoms with E-state index in [4.69, 9.17) is 10.00 Å². The molecule has 1 aromatic carbocycles. The normalized spacial score (nSPS) is 17.5. The van der Waals surface area contributed by atoms with Crippen LogP contribution in [0, 0.1) is 11.3 Å². The van der Waals surface area contributed by atoms with Crippen LogP contribution in [0.25, 0.3) is 0 Å². The summed E-state index contributed by atoms with van der Waals surface area (Å²) in [5.74, 6) is 0. The van der Waals surface area contributed by atoms with Crippen molar-refractivity contribution < 1.29 is 9.53 Å². The molecule has 0 bridgehead atoms. The van der Waals surface area contributed by atoms with Crippen LogP contribution in [0.2, 0.25) is 0 Å². The minimum atomic E-state index is -0.500. The van der Waals surface area contributed by atoms with E-state index in [2.05, 4.69) is 11.4 Å². The molecule has 4 heteroatoms. The molecule has 100 valence electrons. The van der Waals surface area contributed by atoms with E-state index in [1.165, 1.54) is 0 Å². The van der Waals surface area contributed by atoms with Crippen molar-refractivity contribution in [3.63, 3.8) is 0 Å². The van der Waals surface area contributed by atoms with Crippen molar-refractivity contribution in [2.75, 3.05) is 0 Å². The summed E-state index contributed by atoms with van der Waals surface area (Å²) in [7, 11) is 0. The second kappa shape index (κ2) is 4.93. The Hall–Kier alpha value is -2.02. The van der Waals surface area contributed by atoms with E-state index in [9.17, 15) is 4.79 Å². The zero-order valence-corrected chi connectivity index (χ0v) is 11.5. The first-order valence-electron chi connectivity index (χ1n) is 6.42. The zero-order valence-electron chi connectivity index (χ0n) is 11.5. The fourth-order valence-electron chi connectivity index (χ4n) is 2.36. The standard InChI is InChI=1S/C15H18N2O2/c1-15(2,3)19-14(18)17-13-8-7-11-10(9-16)5-4-6-12(11)13/h4-6,13H,7-8H2,1-3H3,(H,17,18). The van der Waals surface area contributed by atoms with Gasteiger partial charge in [-0.15, -0.1) is 0 Å². The quantitative estimate of drug-likeness (QED) is 0.842. The molecule has 1 aliphatic rings. The third kappa shape index (κ3) is 3.05. The van der Waals surface area contributed by atoms with Crippen molar-refractivity contribution in [1.82, 2.24) is 5.32 Å². The van der Waals surface area contributed by atoms with Gasteiger partial charge in [-0.2, -0.15) is 5.26 Å². The topological polar surface area (TPSA) is 62.1 Å². The summed E-state index contributed by atoms with van der Waals surface area (Å²) in [6.07, 6.45) is 1.22. The minimum Gasteiger partial charge on any atom is -0.444 e. The number of alkyl carbamates (subject to hydrolysis) is 1. The van der Waals surface area contributed by atoms with Crippen LogP contribution in [-0.2, 0) is 11.2 Å². The third-order valence-corrected chi connectivity index (χ3v) is 3.08. The lowest BCUT2D eigenvalue weighted by molar-refractivity contribution is 0.0503. The first-order chi connectivity index (χ1) is 8.90. The maximum atomic E-state index is 11.8. The van der Waals surface area contributed by atoms with Crippen LogP contribution >= 0.6 is 0 Å². The van der Waals surface area contributed by atoms with Crippen molar-refractivity contribution in [3.05, 3.63) is 34.9 Å². The Bertz CT molecular complexity index is 538. The number of hydrogen-bond acceptors (Lipinski definition) is 3. The fraction of sp³-hybridized carbons (Fsp3) is 0.467. The van der Waals surface area contributed by atoms with Gasteiger partial charge in [-0.1, -0.05) is 12.1 Å². The SMILES string of the molecule is CC(C)(C)OC(=O)NC1CCc2c(C#N)cccc21. The maximum absolute atomic E-state index is 11.8. The molecule has 0 saturated carbocycles. The number of amides is 1. The average Bonchev–Trinajstić information content (AvgIpc) is 2.70. The van der Waals surface area contributed by atoms with Gasteiger partial charge in [0.15, 0.2) is 0 Å². The summed E-state index contributed by atoms with van der Waals surface area (Å²) in [4.78, 5) is 11.8. The molecule has 0 heterocycles. The zero-order chi connectivity index (χ0) is 14.0. The van der Waals surface area contributed by atoms with Gasteiger partial charge in [-0.05, 0) is 50.8 Å². The molecular formula is C15H18N2O2. The lowest BCUT2D eigenvalue weighted by Gasteiger charge is -2.22. The number of nitrogens with one attached hydrogen (secondary N) is 1. The molecular weight excluding hydrogens is 240 g/mol. The molecule has 0 aromatic heterocycles. The van der Waals surface area contributed by atoms with Gasteiger partial charge in [-0.3, -0.25) is 0 Å². The van der Waals surface area contributed by atoms with E-state index in [0.717, 1.165) is 24.0 Å². The number of carbonyl (C=O) groups excluding carboxylic acids is 1. The first kappa shape index (κ1) is 13.4. The Morgan fingerprint density at radius 3 is 2.84 bits per heavy atom.